The number of hydrogen-bond acceptors (Lipinski definition) is 5. The summed E-state index contributed by atoms with van der Waals surface area (Å²) in [7, 11) is 0. The maximum Gasteiger partial charge on any atom is 0.341 e. The number of nitrogens with zero attached hydrogens (tertiary/aromatic N) is 1. The molecule has 1 aliphatic rings. The number of nitrogens with two attached hydrogens (primary N) is 1. The molecule has 94 valence electrons. The van der Waals surface area contributed by atoms with Crippen LogP contribution in [0.3, 0.4) is 0 Å². The molecular formula is C12H18N2O3. The SMILES string of the molecule is CCOC(=O)c1ccoc1CN1CC[C@@H](N)C1. The molecule has 5 nitrogen and oxygen atoms in total. The van der Waals surface area contributed by atoms with E-state index in [2.05, 4.69) is 4.90 Å². The first kappa shape index (κ1) is 12.1. The lowest BCUT2D eigenvalue weighted by atomic mass is 10.2. The fourth-order valence-corrected chi connectivity index (χ4v) is 2.06. The van der Waals surface area contributed by atoms with Gasteiger partial charge < -0.3 is 14.9 Å². The Morgan fingerprint density at radius 2 is 2.53 bits per heavy atom. The molecule has 1 aromatic rings. The molecule has 0 aromatic carbocycles. The van der Waals surface area contributed by atoms with Gasteiger partial charge in [-0.05, 0) is 19.4 Å². The van der Waals surface area contributed by atoms with Crippen LogP contribution in [0, 0.1) is 0 Å². The second-order valence-electron chi connectivity index (χ2n) is 4.26. The van der Waals surface area contributed by atoms with E-state index < -0.39 is 0 Å². The van der Waals surface area contributed by atoms with Crippen LogP contribution < -0.4 is 5.73 Å². The van der Waals surface area contributed by atoms with Crippen LogP contribution in [0.25, 0.3) is 0 Å². The van der Waals surface area contributed by atoms with Crippen molar-refractivity contribution in [3.8, 4) is 0 Å². The molecule has 0 saturated carbocycles. The van der Waals surface area contributed by atoms with Crippen LogP contribution in [0.5, 0.6) is 0 Å². The summed E-state index contributed by atoms with van der Waals surface area (Å²) in [6.07, 6.45) is 2.52. The van der Waals surface area contributed by atoms with Crippen LogP contribution in [-0.4, -0.2) is 36.6 Å². The molecule has 5 heteroatoms. The van der Waals surface area contributed by atoms with Gasteiger partial charge in [-0.25, -0.2) is 4.79 Å². The second-order valence-corrected chi connectivity index (χ2v) is 4.26. The van der Waals surface area contributed by atoms with Crippen LogP contribution in [0.2, 0.25) is 0 Å². The van der Waals surface area contributed by atoms with Gasteiger partial charge in [0.2, 0.25) is 0 Å². The summed E-state index contributed by atoms with van der Waals surface area (Å²) in [6.45, 7) is 4.58. The van der Waals surface area contributed by atoms with Gasteiger partial charge in [0, 0.05) is 19.1 Å². The van der Waals surface area contributed by atoms with Crippen LogP contribution in [-0.2, 0) is 11.3 Å². The molecule has 1 saturated heterocycles. The smallest absolute Gasteiger partial charge is 0.341 e. The quantitative estimate of drug-likeness (QED) is 0.792. The molecule has 0 radical (unpaired) electrons. The largest absolute Gasteiger partial charge is 0.467 e. The first-order chi connectivity index (χ1) is 8.20. The van der Waals surface area contributed by atoms with E-state index in [4.69, 9.17) is 14.9 Å². The normalized spacial score (nSPS) is 20.7. The van der Waals surface area contributed by atoms with E-state index in [-0.39, 0.29) is 12.0 Å². The van der Waals surface area contributed by atoms with Crippen molar-refractivity contribution in [3.05, 3.63) is 23.7 Å². The summed E-state index contributed by atoms with van der Waals surface area (Å²) >= 11 is 0. The van der Waals surface area contributed by atoms with Gasteiger partial charge in [0.05, 0.1) is 19.4 Å². The molecule has 0 spiro atoms. The van der Waals surface area contributed by atoms with E-state index in [1.165, 1.54) is 6.26 Å². The molecule has 2 heterocycles. The topological polar surface area (TPSA) is 68.7 Å². The summed E-state index contributed by atoms with van der Waals surface area (Å²) < 4.78 is 10.3. The summed E-state index contributed by atoms with van der Waals surface area (Å²) in [4.78, 5) is 13.8. The minimum absolute atomic E-state index is 0.232. The molecule has 2 rings (SSSR count). The zero-order chi connectivity index (χ0) is 12.3. The van der Waals surface area contributed by atoms with Crippen molar-refractivity contribution in [1.29, 1.82) is 0 Å². The van der Waals surface area contributed by atoms with Gasteiger partial charge in [-0.2, -0.15) is 0 Å². The lowest BCUT2D eigenvalue weighted by Crippen LogP contribution is -2.26. The number of esters is 1. The second kappa shape index (κ2) is 5.33. The fraction of sp³-hybridized carbons (Fsp3) is 0.583. The van der Waals surface area contributed by atoms with Gasteiger partial charge in [0.25, 0.3) is 0 Å². The van der Waals surface area contributed by atoms with Crippen molar-refractivity contribution in [2.45, 2.75) is 25.9 Å². The van der Waals surface area contributed by atoms with Gasteiger partial charge >= 0.3 is 5.97 Å². The minimum atomic E-state index is -0.320. The van der Waals surface area contributed by atoms with Crippen LogP contribution in [0.1, 0.15) is 29.5 Å². The minimum Gasteiger partial charge on any atom is -0.467 e. The molecular weight excluding hydrogens is 220 g/mol. The molecule has 0 bridgehead atoms. The lowest BCUT2D eigenvalue weighted by molar-refractivity contribution is 0.0522. The number of carbonyl (C=O) groups excluding carboxylic acids is 1. The van der Waals surface area contributed by atoms with Gasteiger partial charge in [-0.1, -0.05) is 0 Å². The molecule has 1 aliphatic heterocycles. The van der Waals surface area contributed by atoms with Crippen LogP contribution >= 0.6 is 0 Å². The molecule has 1 fully saturated rings. The summed E-state index contributed by atoms with van der Waals surface area (Å²) in [5, 5.41) is 0. The Hall–Kier alpha value is -1.33. The van der Waals surface area contributed by atoms with Gasteiger partial charge in [-0.3, -0.25) is 4.90 Å². The number of rotatable bonds is 4. The van der Waals surface area contributed by atoms with Crippen LogP contribution in [0.4, 0.5) is 0 Å². The predicted molar refractivity (Wildman–Crippen MR) is 62.5 cm³/mol. The van der Waals surface area contributed by atoms with Crippen molar-refractivity contribution in [3.63, 3.8) is 0 Å². The van der Waals surface area contributed by atoms with E-state index in [0.717, 1.165) is 19.5 Å². The van der Waals surface area contributed by atoms with Gasteiger partial charge in [-0.15, -0.1) is 0 Å². The summed E-state index contributed by atoms with van der Waals surface area (Å²) in [5.41, 5.74) is 6.36. The average molecular weight is 238 g/mol. The first-order valence-corrected chi connectivity index (χ1v) is 5.92. The third-order valence-electron chi connectivity index (χ3n) is 2.92. The van der Waals surface area contributed by atoms with E-state index in [9.17, 15) is 4.79 Å². The Bertz CT molecular complexity index is 389. The first-order valence-electron chi connectivity index (χ1n) is 5.92. The maximum atomic E-state index is 11.6. The molecule has 0 aliphatic carbocycles. The Labute approximate surface area is 101 Å². The standard InChI is InChI=1S/C12H18N2O3/c1-2-16-12(15)10-4-6-17-11(10)8-14-5-3-9(13)7-14/h4,6,9H,2-3,5,7-8,13H2,1H3/t9-/m1/s1. The molecule has 0 unspecified atom stereocenters. The number of furan rings is 1. The Balaban J connectivity index is 2.01. The third-order valence-corrected chi connectivity index (χ3v) is 2.92. The number of hydrogen-bond donors (Lipinski definition) is 1. The van der Waals surface area contributed by atoms with Crippen molar-refractivity contribution in [1.82, 2.24) is 4.90 Å². The highest BCUT2D eigenvalue weighted by molar-refractivity contribution is 5.90. The molecule has 1 aromatic heterocycles. The molecule has 1 atom stereocenters. The lowest BCUT2D eigenvalue weighted by Gasteiger charge is -2.13. The van der Waals surface area contributed by atoms with E-state index >= 15 is 0 Å². The number of carbonyl (C=O) groups is 1. The number of likely N-dealkylation sites (tertiary alicyclic amines) is 1. The molecule has 0 amide bonds. The zero-order valence-corrected chi connectivity index (χ0v) is 10.0. The Morgan fingerprint density at radius 3 is 3.18 bits per heavy atom. The average Bonchev–Trinajstić information content (AvgIpc) is 2.89. The van der Waals surface area contributed by atoms with Crippen molar-refractivity contribution in [2.24, 2.45) is 5.73 Å². The van der Waals surface area contributed by atoms with Crippen LogP contribution in [0.15, 0.2) is 16.7 Å². The zero-order valence-electron chi connectivity index (χ0n) is 10.0. The van der Waals surface area contributed by atoms with Crippen molar-refractivity contribution in [2.75, 3.05) is 19.7 Å². The Kier molecular flexibility index (Phi) is 3.81. The highest BCUT2D eigenvalue weighted by Crippen LogP contribution is 2.17. The Morgan fingerprint density at radius 1 is 1.71 bits per heavy atom. The van der Waals surface area contributed by atoms with Gasteiger partial charge in [0.15, 0.2) is 0 Å². The monoisotopic (exact) mass is 238 g/mol. The highest BCUT2D eigenvalue weighted by atomic mass is 16.5. The van der Waals surface area contributed by atoms with Crippen molar-refractivity contribution < 1.29 is 13.9 Å². The molecule has 17 heavy (non-hydrogen) atoms. The maximum absolute atomic E-state index is 11.6. The molecule has 2 N–H and O–H groups in total. The summed E-state index contributed by atoms with van der Waals surface area (Å²) in [5.74, 6) is 0.345. The van der Waals surface area contributed by atoms with Gasteiger partial charge in [0.1, 0.15) is 11.3 Å². The summed E-state index contributed by atoms with van der Waals surface area (Å²) in [6, 6.07) is 1.89. The number of ether oxygens (including phenoxy) is 1. The van der Waals surface area contributed by atoms with E-state index in [0.29, 0.717) is 24.5 Å². The van der Waals surface area contributed by atoms with Crippen molar-refractivity contribution >= 4 is 5.97 Å². The van der Waals surface area contributed by atoms with E-state index in [1.54, 1.807) is 13.0 Å². The third kappa shape index (κ3) is 2.87. The van der Waals surface area contributed by atoms with E-state index in [1.807, 2.05) is 0 Å². The predicted octanol–water partition coefficient (Wildman–Crippen LogP) is 0.989. The fourth-order valence-electron chi connectivity index (χ4n) is 2.06. The highest BCUT2D eigenvalue weighted by Gasteiger charge is 2.23.